The maximum absolute atomic E-state index is 13.8. The molecule has 4 amide bonds. The molecule has 0 bridgehead atoms. The zero-order chi connectivity index (χ0) is 39.9. The third kappa shape index (κ3) is 18.8. The Bertz CT molecular complexity index is 1520. The summed E-state index contributed by atoms with van der Waals surface area (Å²) in [5.74, 6) is -5.05. The van der Waals surface area contributed by atoms with Gasteiger partial charge in [-0.15, -0.1) is 0 Å². The number of aliphatic carboxylic acids is 1. The number of nitrogens with zero attached hydrogens (tertiary/aromatic N) is 1. The van der Waals surface area contributed by atoms with Crippen molar-refractivity contribution in [3.63, 3.8) is 0 Å². The molecule has 18 heteroatoms. The van der Waals surface area contributed by atoms with Crippen LogP contribution in [0.3, 0.4) is 0 Å². The predicted molar refractivity (Wildman–Crippen MR) is 187 cm³/mol. The molecule has 1 heterocycles. The van der Waals surface area contributed by atoms with E-state index < -0.39 is 60.1 Å². The van der Waals surface area contributed by atoms with Gasteiger partial charge in [0.25, 0.3) is 0 Å². The van der Waals surface area contributed by atoms with Crippen LogP contribution in [0.2, 0.25) is 0 Å². The first-order valence-electron chi connectivity index (χ1n) is 17.0. The molecular weight excluding hydrogens is 719 g/mol. The monoisotopic (exact) mass is 765 g/mol. The highest BCUT2D eigenvalue weighted by molar-refractivity contribution is 5.92. The molecule has 296 valence electrons. The van der Waals surface area contributed by atoms with E-state index in [0.29, 0.717) is 32.8 Å². The number of morpholine rings is 1. The summed E-state index contributed by atoms with van der Waals surface area (Å²) in [5, 5.41) is 15.4. The smallest absolute Gasteiger partial charge is 0.475 e. The molecule has 1 fully saturated rings. The van der Waals surface area contributed by atoms with Crippen LogP contribution in [-0.2, 0) is 51.2 Å². The number of hydrogen-bond acceptors (Lipinski definition) is 10. The number of benzene rings is 2. The van der Waals surface area contributed by atoms with Crippen molar-refractivity contribution in [2.24, 2.45) is 5.73 Å². The van der Waals surface area contributed by atoms with E-state index in [2.05, 4.69) is 20.9 Å². The van der Waals surface area contributed by atoms with E-state index in [0.717, 1.165) is 11.1 Å². The van der Waals surface area contributed by atoms with E-state index in [1.807, 2.05) is 60.7 Å². The number of alkyl carbamates (subject to hydrolysis) is 1. The predicted octanol–water partition coefficient (Wildman–Crippen LogP) is 2.23. The summed E-state index contributed by atoms with van der Waals surface area (Å²) < 4.78 is 47.5. The Morgan fingerprint density at radius 3 is 2.00 bits per heavy atom. The molecule has 3 rings (SSSR count). The van der Waals surface area contributed by atoms with Crippen LogP contribution in [0.25, 0.3) is 0 Å². The van der Waals surface area contributed by atoms with Crippen molar-refractivity contribution < 1.29 is 61.3 Å². The van der Waals surface area contributed by atoms with Crippen LogP contribution in [0.5, 0.6) is 0 Å². The molecular formula is C36H46F3N5O10. The van der Waals surface area contributed by atoms with Crippen molar-refractivity contribution in [3.8, 4) is 0 Å². The van der Waals surface area contributed by atoms with E-state index in [4.69, 9.17) is 29.8 Å². The quantitative estimate of drug-likeness (QED) is 0.110. The maximum Gasteiger partial charge on any atom is 0.490 e. The van der Waals surface area contributed by atoms with E-state index in [1.165, 1.54) is 12.2 Å². The number of halogens is 3. The van der Waals surface area contributed by atoms with Gasteiger partial charge in [-0.25, -0.2) is 14.4 Å². The molecule has 0 aliphatic carbocycles. The number of nitrogens with two attached hydrogens (primary N) is 1. The van der Waals surface area contributed by atoms with E-state index in [-0.39, 0.29) is 38.9 Å². The van der Waals surface area contributed by atoms with E-state index in [9.17, 15) is 37.1 Å². The summed E-state index contributed by atoms with van der Waals surface area (Å²) in [6.07, 6.45) is -2.78. The minimum Gasteiger partial charge on any atom is -0.475 e. The Labute approximate surface area is 310 Å². The molecule has 6 N–H and O–H groups in total. The van der Waals surface area contributed by atoms with E-state index >= 15 is 0 Å². The summed E-state index contributed by atoms with van der Waals surface area (Å²) in [4.78, 5) is 74.8. The number of rotatable bonds is 18. The van der Waals surface area contributed by atoms with Crippen molar-refractivity contribution in [1.29, 1.82) is 0 Å². The van der Waals surface area contributed by atoms with Crippen LogP contribution in [0.15, 0.2) is 72.8 Å². The number of nitrogens with one attached hydrogen (secondary N) is 3. The molecule has 1 saturated heterocycles. The van der Waals surface area contributed by atoms with E-state index in [1.54, 1.807) is 6.92 Å². The summed E-state index contributed by atoms with van der Waals surface area (Å²) in [6.45, 7) is 4.90. The zero-order valence-electron chi connectivity index (χ0n) is 29.7. The molecule has 54 heavy (non-hydrogen) atoms. The third-order valence-electron chi connectivity index (χ3n) is 7.60. The molecule has 0 radical (unpaired) electrons. The van der Waals surface area contributed by atoms with Crippen molar-refractivity contribution in [1.82, 2.24) is 20.9 Å². The van der Waals surface area contributed by atoms with Gasteiger partial charge < -0.3 is 41.0 Å². The van der Waals surface area contributed by atoms with Crippen LogP contribution < -0.4 is 21.7 Å². The lowest BCUT2D eigenvalue weighted by atomic mass is 10.0. The zero-order valence-corrected chi connectivity index (χ0v) is 29.7. The first kappa shape index (κ1) is 44.7. The normalized spacial score (nSPS) is 14.7. The number of hydrogen-bond donors (Lipinski definition) is 5. The van der Waals surface area contributed by atoms with Crippen molar-refractivity contribution in [2.75, 3.05) is 39.5 Å². The largest absolute Gasteiger partial charge is 0.490 e. The van der Waals surface area contributed by atoms with Crippen molar-refractivity contribution >= 4 is 35.8 Å². The maximum atomic E-state index is 13.8. The molecule has 0 spiro atoms. The highest BCUT2D eigenvalue weighted by atomic mass is 19.4. The van der Waals surface area contributed by atoms with Crippen LogP contribution in [-0.4, -0.2) is 110 Å². The van der Waals surface area contributed by atoms with Gasteiger partial charge in [0.05, 0.1) is 19.8 Å². The van der Waals surface area contributed by atoms with Gasteiger partial charge in [0, 0.05) is 44.6 Å². The Morgan fingerprint density at radius 1 is 0.870 bits per heavy atom. The Morgan fingerprint density at radius 2 is 1.44 bits per heavy atom. The highest BCUT2D eigenvalue weighted by Crippen LogP contribution is 2.13. The topological polar surface area (TPSA) is 216 Å². The molecule has 15 nitrogen and oxygen atoms in total. The summed E-state index contributed by atoms with van der Waals surface area (Å²) in [5.41, 5.74) is 6.91. The van der Waals surface area contributed by atoms with Crippen LogP contribution in [0, 0.1) is 0 Å². The molecule has 2 aromatic rings. The Balaban J connectivity index is 0.00000131. The first-order chi connectivity index (χ1) is 25.7. The standard InChI is InChI=1S/C34H45N5O8.C2HF3O2/c1-2-46-31(41)16-14-27(13-15-30(35)40)36-33(43)29(23-25-9-5-3-6-10-25)37-32(42)28(17-18-39-19-21-45-22-20-39)38-34(44)47-24-26-11-7-4-8-12-26;3-2(4,5)1(6)7/h3-12,14,16,27-29H,2,13,15,17-24H2,1H3,(H2,35,40)(H,36,43)(H,37,42)(H,38,44);(H,6,7)/b16-14+;/t27-,28-,29-;/m0./s1. The lowest BCUT2D eigenvalue weighted by Crippen LogP contribution is -2.56. The number of esters is 1. The number of ether oxygens (including phenoxy) is 3. The molecule has 0 saturated carbocycles. The number of amides is 4. The molecule has 1 aliphatic heterocycles. The average molecular weight is 766 g/mol. The second-order valence-corrected chi connectivity index (χ2v) is 11.8. The van der Waals surface area contributed by atoms with Gasteiger partial charge >= 0.3 is 24.2 Å². The number of carbonyl (C=O) groups excluding carboxylic acids is 5. The summed E-state index contributed by atoms with van der Waals surface area (Å²) >= 11 is 0. The second kappa shape index (κ2) is 23.9. The molecule has 1 aliphatic rings. The molecule has 3 atom stereocenters. The minimum absolute atomic E-state index is 0.0233. The van der Waals surface area contributed by atoms with Crippen molar-refractivity contribution in [3.05, 3.63) is 83.9 Å². The molecule has 0 aromatic heterocycles. The fourth-order valence-corrected chi connectivity index (χ4v) is 4.83. The third-order valence-corrected chi connectivity index (χ3v) is 7.60. The number of carbonyl (C=O) groups is 6. The fraction of sp³-hybridized carbons (Fsp3) is 0.444. The molecule has 0 unspecified atom stereocenters. The fourth-order valence-electron chi connectivity index (χ4n) is 4.83. The SMILES string of the molecule is CCOC(=O)/C=C/[C@H](CCC(N)=O)NC(=O)[C@H](Cc1ccccc1)NC(=O)[C@H](CCN1CCOCC1)NC(=O)OCc1ccccc1.O=C(O)C(F)(F)F. The van der Waals surface area contributed by atoms with Crippen LogP contribution in [0.1, 0.15) is 37.3 Å². The average Bonchev–Trinajstić information content (AvgIpc) is 3.14. The summed E-state index contributed by atoms with van der Waals surface area (Å²) in [7, 11) is 0. The number of carboxylic acid groups (broad SMARTS) is 1. The number of primary amides is 1. The first-order valence-corrected chi connectivity index (χ1v) is 17.0. The Hall–Kier alpha value is -5.49. The van der Waals surface area contributed by atoms with Gasteiger partial charge in [-0.3, -0.25) is 19.3 Å². The van der Waals surface area contributed by atoms with Gasteiger partial charge in [-0.2, -0.15) is 13.2 Å². The van der Waals surface area contributed by atoms with Gasteiger partial charge in [-0.1, -0.05) is 66.7 Å². The minimum atomic E-state index is -5.08. The second-order valence-electron chi connectivity index (χ2n) is 11.8. The lowest BCUT2D eigenvalue weighted by molar-refractivity contribution is -0.192. The number of alkyl halides is 3. The number of carboxylic acids is 1. The highest BCUT2D eigenvalue weighted by Gasteiger charge is 2.38. The summed E-state index contributed by atoms with van der Waals surface area (Å²) in [6, 6.07) is 15.5. The van der Waals surface area contributed by atoms with Gasteiger partial charge in [-0.05, 0) is 30.9 Å². The van der Waals surface area contributed by atoms with Gasteiger partial charge in [0.1, 0.15) is 18.7 Å². The molecule has 2 aromatic carbocycles. The van der Waals surface area contributed by atoms with Crippen LogP contribution in [0.4, 0.5) is 18.0 Å². The van der Waals surface area contributed by atoms with Crippen LogP contribution >= 0.6 is 0 Å². The lowest BCUT2D eigenvalue weighted by Gasteiger charge is -2.29. The van der Waals surface area contributed by atoms with Crippen molar-refractivity contribution in [2.45, 2.75) is 63.5 Å². The van der Waals surface area contributed by atoms with Gasteiger partial charge in [0.2, 0.25) is 17.7 Å². The van der Waals surface area contributed by atoms with Gasteiger partial charge in [0.15, 0.2) is 0 Å². The Kier molecular flexibility index (Phi) is 19.8.